The number of hydrogen-bond acceptors (Lipinski definition) is 2. The van der Waals surface area contributed by atoms with E-state index >= 15 is 0 Å². The minimum absolute atomic E-state index is 0.0409. The molecule has 0 spiro atoms. The summed E-state index contributed by atoms with van der Waals surface area (Å²) in [7, 11) is 1.76. The summed E-state index contributed by atoms with van der Waals surface area (Å²) in [6.45, 7) is 0.582. The Kier molecular flexibility index (Phi) is 4.01. The van der Waals surface area contributed by atoms with Gasteiger partial charge in [0.25, 0.3) is 5.91 Å². The molecule has 1 aromatic rings. The second-order valence-corrected chi connectivity index (χ2v) is 5.41. The predicted molar refractivity (Wildman–Crippen MR) is 72.3 cm³/mol. The van der Waals surface area contributed by atoms with Crippen LogP contribution in [0.4, 0.5) is 0 Å². The number of piperidine rings is 1. The average molecular weight is 311 g/mol. The van der Waals surface area contributed by atoms with Gasteiger partial charge in [0.05, 0.1) is 0 Å². The van der Waals surface area contributed by atoms with Crippen LogP contribution in [0.15, 0.2) is 28.7 Å². The first-order valence-electron chi connectivity index (χ1n) is 5.86. The molecular weight excluding hydrogens is 296 g/mol. The number of halogens is 1. The first kappa shape index (κ1) is 13.1. The van der Waals surface area contributed by atoms with E-state index in [0.29, 0.717) is 24.9 Å². The smallest absolute Gasteiger partial charge is 0.251 e. The van der Waals surface area contributed by atoms with Gasteiger partial charge in [-0.1, -0.05) is 22.0 Å². The Labute approximate surface area is 114 Å². The first-order chi connectivity index (χ1) is 8.56. The fourth-order valence-electron chi connectivity index (χ4n) is 2.03. The highest BCUT2D eigenvalue weighted by Gasteiger charge is 2.24. The molecule has 2 amide bonds. The summed E-state index contributed by atoms with van der Waals surface area (Å²) in [5, 5.41) is 2.96. The Balaban J connectivity index is 1.98. The molecule has 1 N–H and O–H groups in total. The molecule has 1 unspecified atom stereocenters. The molecule has 5 heteroatoms. The molecule has 1 saturated heterocycles. The van der Waals surface area contributed by atoms with Crippen molar-refractivity contribution in [3.8, 4) is 0 Å². The molecule has 0 aromatic heterocycles. The van der Waals surface area contributed by atoms with Crippen LogP contribution in [-0.4, -0.2) is 36.3 Å². The average Bonchev–Trinajstić information content (AvgIpc) is 2.34. The molecule has 0 radical (unpaired) electrons. The van der Waals surface area contributed by atoms with Crippen molar-refractivity contribution < 1.29 is 9.59 Å². The monoisotopic (exact) mass is 310 g/mol. The number of nitrogens with zero attached hydrogens (tertiary/aromatic N) is 1. The zero-order valence-corrected chi connectivity index (χ0v) is 11.7. The number of hydrogen-bond donors (Lipinski definition) is 1. The van der Waals surface area contributed by atoms with E-state index < -0.39 is 0 Å². The third-order valence-electron chi connectivity index (χ3n) is 3.05. The number of nitrogens with one attached hydrogen (secondary N) is 1. The lowest BCUT2D eigenvalue weighted by atomic mass is 10.1. The summed E-state index contributed by atoms with van der Waals surface area (Å²) < 4.78 is 0.881. The van der Waals surface area contributed by atoms with Crippen LogP contribution < -0.4 is 5.32 Å². The van der Waals surface area contributed by atoms with Gasteiger partial charge in [-0.05, 0) is 24.6 Å². The molecule has 1 atom stereocenters. The fraction of sp³-hybridized carbons (Fsp3) is 0.385. The first-order valence-corrected chi connectivity index (χ1v) is 6.66. The number of benzene rings is 1. The summed E-state index contributed by atoms with van der Waals surface area (Å²) >= 11 is 3.34. The maximum absolute atomic E-state index is 12.0. The number of amides is 2. The van der Waals surface area contributed by atoms with Crippen molar-refractivity contribution in [2.75, 3.05) is 13.6 Å². The highest BCUT2D eigenvalue weighted by molar-refractivity contribution is 9.10. The van der Waals surface area contributed by atoms with Crippen molar-refractivity contribution in [1.29, 1.82) is 0 Å². The van der Waals surface area contributed by atoms with E-state index in [1.165, 1.54) is 0 Å². The van der Waals surface area contributed by atoms with Gasteiger partial charge in [-0.3, -0.25) is 9.59 Å². The van der Waals surface area contributed by atoms with E-state index in [4.69, 9.17) is 0 Å². The molecule has 1 aliphatic rings. The van der Waals surface area contributed by atoms with Crippen LogP contribution >= 0.6 is 15.9 Å². The van der Waals surface area contributed by atoms with Crippen LogP contribution in [0.25, 0.3) is 0 Å². The van der Waals surface area contributed by atoms with E-state index in [-0.39, 0.29) is 17.9 Å². The zero-order chi connectivity index (χ0) is 13.1. The number of carbonyl (C=O) groups is 2. The Morgan fingerprint density at radius 3 is 2.94 bits per heavy atom. The molecule has 0 bridgehead atoms. The Morgan fingerprint density at radius 1 is 1.50 bits per heavy atom. The van der Waals surface area contributed by atoms with Gasteiger partial charge in [0.15, 0.2) is 0 Å². The fourth-order valence-corrected chi connectivity index (χ4v) is 2.43. The summed E-state index contributed by atoms with van der Waals surface area (Å²) in [5.74, 6) is 0.0482. The lowest BCUT2D eigenvalue weighted by Crippen LogP contribution is -2.48. The van der Waals surface area contributed by atoms with Gasteiger partial charge < -0.3 is 10.2 Å². The van der Waals surface area contributed by atoms with Gasteiger partial charge in [0.2, 0.25) is 5.91 Å². The lowest BCUT2D eigenvalue weighted by molar-refractivity contribution is -0.132. The van der Waals surface area contributed by atoms with E-state index in [0.717, 1.165) is 4.47 Å². The molecule has 0 aliphatic carbocycles. The molecule has 1 fully saturated rings. The second kappa shape index (κ2) is 5.52. The van der Waals surface area contributed by atoms with Crippen molar-refractivity contribution in [1.82, 2.24) is 10.2 Å². The number of likely N-dealkylation sites (tertiary alicyclic amines) is 1. The van der Waals surface area contributed by atoms with Gasteiger partial charge in [-0.2, -0.15) is 0 Å². The van der Waals surface area contributed by atoms with Crippen LogP contribution in [0.3, 0.4) is 0 Å². The summed E-state index contributed by atoms with van der Waals surface area (Å²) in [4.78, 5) is 25.0. The molecule has 18 heavy (non-hydrogen) atoms. The maximum atomic E-state index is 12.0. The topological polar surface area (TPSA) is 49.4 Å². The van der Waals surface area contributed by atoms with Gasteiger partial charge in [0.1, 0.15) is 0 Å². The highest BCUT2D eigenvalue weighted by Crippen LogP contribution is 2.13. The van der Waals surface area contributed by atoms with E-state index in [1.54, 1.807) is 24.1 Å². The third kappa shape index (κ3) is 3.10. The van der Waals surface area contributed by atoms with Crippen LogP contribution in [-0.2, 0) is 4.79 Å². The molecule has 1 heterocycles. The zero-order valence-electron chi connectivity index (χ0n) is 10.1. The molecule has 1 aromatic carbocycles. The third-order valence-corrected chi connectivity index (χ3v) is 3.54. The van der Waals surface area contributed by atoms with Gasteiger partial charge >= 0.3 is 0 Å². The summed E-state index contributed by atoms with van der Waals surface area (Å²) in [6.07, 6.45) is 1.21. The largest absolute Gasteiger partial charge is 0.348 e. The Hall–Kier alpha value is -1.36. The quantitative estimate of drug-likeness (QED) is 0.905. The molecule has 4 nitrogen and oxygen atoms in total. The second-order valence-electron chi connectivity index (χ2n) is 4.49. The summed E-state index contributed by atoms with van der Waals surface area (Å²) in [6, 6.07) is 7.31. The summed E-state index contributed by atoms with van der Waals surface area (Å²) in [5.41, 5.74) is 0.629. The molecule has 96 valence electrons. The van der Waals surface area contributed by atoms with Crippen molar-refractivity contribution >= 4 is 27.7 Å². The number of rotatable bonds is 2. The molecule has 0 saturated carbocycles. The van der Waals surface area contributed by atoms with Crippen LogP contribution in [0.1, 0.15) is 23.2 Å². The van der Waals surface area contributed by atoms with Crippen LogP contribution in [0.2, 0.25) is 0 Å². The van der Waals surface area contributed by atoms with E-state index in [9.17, 15) is 9.59 Å². The lowest BCUT2D eigenvalue weighted by Gasteiger charge is -2.30. The van der Waals surface area contributed by atoms with E-state index in [1.807, 2.05) is 12.1 Å². The molecular formula is C13H15BrN2O2. The van der Waals surface area contributed by atoms with Gasteiger partial charge in [-0.25, -0.2) is 0 Å². The van der Waals surface area contributed by atoms with Gasteiger partial charge in [0, 0.05) is 36.1 Å². The molecule has 1 aliphatic heterocycles. The van der Waals surface area contributed by atoms with Crippen molar-refractivity contribution in [2.24, 2.45) is 0 Å². The minimum atomic E-state index is -0.0935. The standard InChI is InChI=1S/C13H15BrN2O2/c1-16-8-11(5-6-12(16)17)15-13(18)9-3-2-4-10(14)7-9/h2-4,7,11H,5-6,8H2,1H3,(H,15,18). The van der Waals surface area contributed by atoms with Crippen LogP contribution in [0.5, 0.6) is 0 Å². The Bertz CT molecular complexity index is 476. The van der Waals surface area contributed by atoms with Crippen molar-refractivity contribution in [3.63, 3.8) is 0 Å². The SMILES string of the molecule is CN1CC(NC(=O)c2cccc(Br)c2)CCC1=O. The Morgan fingerprint density at radius 2 is 2.28 bits per heavy atom. The van der Waals surface area contributed by atoms with Crippen molar-refractivity contribution in [2.45, 2.75) is 18.9 Å². The highest BCUT2D eigenvalue weighted by atomic mass is 79.9. The minimum Gasteiger partial charge on any atom is -0.348 e. The molecule has 2 rings (SSSR count). The maximum Gasteiger partial charge on any atom is 0.251 e. The number of likely N-dealkylation sites (N-methyl/N-ethyl adjacent to an activating group) is 1. The number of carbonyl (C=O) groups excluding carboxylic acids is 2. The normalized spacial score (nSPS) is 19.8. The van der Waals surface area contributed by atoms with Crippen molar-refractivity contribution in [3.05, 3.63) is 34.3 Å². The van der Waals surface area contributed by atoms with Crippen LogP contribution in [0, 0.1) is 0 Å². The van der Waals surface area contributed by atoms with E-state index in [2.05, 4.69) is 21.2 Å². The van der Waals surface area contributed by atoms with Gasteiger partial charge in [-0.15, -0.1) is 0 Å². The predicted octanol–water partition coefficient (Wildman–Crippen LogP) is 1.80.